The average molecular weight is 1180 g/mol. The molecule has 1 amide bonds. The number of hydrogen-bond donors (Lipinski definition) is 12. The van der Waals surface area contributed by atoms with Crippen LogP contribution in [-0.2, 0) is 33.2 Å². The number of aliphatic hydroxyl groups excluding tert-OH is 11. The van der Waals surface area contributed by atoms with Crippen LogP contribution in [0.5, 0.6) is 0 Å². The van der Waals surface area contributed by atoms with Crippen molar-refractivity contribution in [2.45, 2.75) is 343 Å². The number of ether oxygens (including phenoxy) is 6. The van der Waals surface area contributed by atoms with Crippen molar-refractivity contribution in [2.75, 3.05) is 26.4 Å². The number of carbonyl (C=O) groups is 1. The van der Waals surface area contributed by atoms with Gasteiger partial charge in [-0.15, -0.1) is 0 Å². The van der Waals surface area contributed by atoms with Gasteiger partial charge < -0.3 is 89.9 Å². The third-order valence-electron chi connectivity index (χ3n) is 16.5. The van der Waals surface area contributed by atoms with Gasteiger partial charge in [-0.05, 0) is 32.1 Å². The van der Waals surface area contributed by atoms with Gasteiger partial charge in [0.2, 0.25) is 5.91 Å². The summed E-state index contributed by atoms with van der Waals surface area (Å²) in [6, 6.07) is -0.984. The molecule has 3 fully saturated rings. The van der Waals surface area contributed by atoms with Crippen LogP contribution in [0.2, 0.25) is 0 Å². The number of carbonyl (C=O) groups excluding carboxylic acids is 1. The van der Waals surface area contributed by atoms with E-state index in [2.05, 4.69) is 31.3 Å². The Bertz CT molecular complexity index is 1590. The van der Waals surface area contributed by atoms with Crippen molar-refractivity contribution in [1.82, 2.24) is 5.32 Å². The Morgan fingerprint density at radius 1 is 0.427 bits per heavy atom. The maximum atomic E-state index is 13.3. The standard InChI is InChI=1S/C63H117NO18/c1-3-5-7-9-11-13-15-16-17-18-19-20-21-22-23-24-25-26-27-28-29-31-33-35-37-39-41-51(69)64-46(47(68)40-38-36-34-32-30-14-12-10-8-6-4-2)45-77-61-57(75)54(72)59(49(43-66)79-61)82-63-58(76)55(73)60(50(44-67)80-63)81-62-56(74)53(71)52(70)48(42-65)78-62/h30,32,38,40,46-50,52-63,65-68,70-76H,3-29,31,33-37,39,41-45H2,1-2H3,(H,64,69)/b32-30+,40-38+. The van der Waals surface area contributed by atoms with Gasteiger partial charge in [0.15, 0.2) is 18.9 Å². The van der Waals surface area contributed by atoms with Gasteiger partial charge in [0.25, 0.3) is 0 Å². The normalized spacial score (nSPS) is 29.7. The minimum absolute atomic E-state index is 0.240. The second-order valence-corrected chi connectivity index (χ2v) is 23.6. The molecule has 3 saturated heterocycles. The fourth-order valence-electron chi connectivity index (χ4n) is 11.1. The SMILES string of the molecule is CCCCCCC/C=C/CC/C=C/C(O)C(COC1OC(CO)C(OC2OC(CO)C(OC3OC(CO)C(O)C(O)C3O)C(O)C2O)C(O)C1O)NC(=O)CCCCCCCCCCCCCCCCCCCCCCCCCCCC. The highest BCUT2D eigenvalue weighted by molar-refractivity contribution is 5.76. The Labute approximate surface area is 492 Å². The molecule has 482 valence electrons. The first-order chi connectivity index (χ1) is 39.8. The van der Waals surface area contributed by atoms with Crippen LogP contribution in [0.3, 0.4) is 0 Å². The first-order valence-corrected chi connectivity index (χ1v) is 32.6. The summed E-state index contributed by atoms with van der Waals surface area (Å²) < 4.78 is 34.2. The molecule has 0 saturated carbocycles. The second kappa shape index (κ2) is 46.4. The van der Waals surface area contributed by atoms with Crippen LogP contribution in [0.15, 0.2) is 24.3 Å². The Kier molecular flexibility index (Phi) is 42.2. The summed E-state index contributed by atoms with van der Waals surface area (Å²) in [6.45, 7) is 1.69. The molecule has 0 bridgehead atoms. The van der Waals surface area contributed by atoms with Gasteiger partial charge in [-0.2, -0.15) is 0 Å². The van der Waals surface area contributed by atoms with E-state index in [0.29, 0.717) is 12.8 Å². The van der Waals surface area contributed by atoms with Crippen LogP contribution >= 0.6 is 0 Å². The summed E-state index contributed by atoms with van der Waals surface area (Å²) in [4.78, 5) is 13.3. The number of allylic oxidation sites excluding steroid dienone is 3. The summed E-state index contributed by atoms with van der Waals surface area (Å²) >= 11 is 0. The van der Waals surface area contributed by atoms with Crippen molar-refractivity contribution in [2.24, 2.45) is 0 Å². The maximum absolute atomic E-state index is 13.3. The number of aliphatic hydroxyl groups is 11. The van der Waals surface area contributed by atoms with Gasteiger partial charge in [-0.25, -0.2) is 0 Å². The highest BCUT2D eigenvalue weighted by Gasteiger charge is 2.53. The van der Waals surface area contributed by atoms with E-state index in [9.17, 15) is 61.0 Å². The molecule has 17 unspecified atom stereocenters. The Morgan fingerprint density at radius 2 is 0.780 bits per heavy atom. The van der Waals surface area contributed by atoms with Crippen molar-refractivity contribution in [1.29, 1.82) is 0 Å². The van der Waals surface area contributed by atoms with E-state index < -0.39 is 124 Å². The largest absolute Gasteiger partial charge is 0.394 e. The smallest absolute Gasteiger partial charge is 0.220 e. The first-order valence-electron chi connectivity index (χ1n) is 32.6. The highest BCUT2D eigenvalue weighted by atomic mass is 16.8. The molecule has 3 heterocycles. The van der Waals surface area contributed by atoms with Crippen LogP contribution in [0.25, 0.3) is 0 Å². The molecule has 19 heteroatoms. The molecule has 0 aliphatic carbocycles. The third kappa shape index (κ3) is 29.3. The lowest BCUT2D eigenvalue weighted by Gasteiger charge is -2.48. The molecule has 0 spiro atoms. The van der Waals surface area contributed by atoms with Crippen molar-refractivity contribution >= 4 is 5.91 Å². The second-order valence-electron chi connectivity index (χ2n) is 23.6. The zero-order chi connectivity index (χ0) is 59.7. The first kappa shape index (κ1) is 74.5. The molecule has 3 aliphatic heterocycles. The van der Waals surface area contributed by atoms with E-state index in [1.165, 1.54) is 167 Å². The molecular formula is C63H117NO18. The predicted molar refractivity (Wildman–Crippen MR) is 314 cm³/mol. The lowest BCUT2D eigenvalue weighted by molar-refractivity contribution is -0.379. The Hall–Kier alpha value is -1.73. The van der Waals surface area contributed by atoms with E-state index >= 15 is 0 Å². The number of nitrogens with one attached hydrogen (secondary N) is 1. The molecular weight excluding hydrogens is 1060 g/mol. The molecule has 3 aliphatic rings. The zero-order valence-electron chi connectivity index (χ0n) is 50.5. The topological polar surface area (TPSA) is 307 Å². The quantitative estimate of drug-likeness (QED) is 0.0213. The van der Waals surface area contributed by atoms with E-state index in [4.69, 9.17) is 28.4 Å². The monoisotopic (exact) mass is 1180 g/mol. The summed E-state index contributed by atoms with van der Waals surface area (Å²) in [5.74, 6) is -0.283. The van der Waals surface area contributed by atoms with Crippen LogP contribution in [0, 0.1) is 0 Å². The fraction of sp³-hybridized carbons (Fsp3) is 0.921. The summed E-state index contributed by atoms with van der Waals surface area (Å²) in [7, 11) is 0. The van der Waals surface area contributed by atoms with Crippen molar-refractivity contribution in [3.63, 3.8) is 0 Å². The average Bonchev–Trinajstić information content (AvgIpc) is 3.67. The molecule has 0 aromatic rings. The van der Waals surface area contributed by atoms with Crippen molar-refractivity contribution in [3.05, 3.63) is 24.3 Å². The van der Waals surface area contributed by atoms with Crippen molar-refractivity contribution < 1.29 is 89.4 Å². The van der Waals surface area contributed by atoms with Crippen LogP contribution in [-0.4, -0.2) is 193 Å². The van der Waals surface area contributed by atoms with Gasteiger partial charge in [-0.3, -0.25) is 4.79 Å². The van der Waals surface area contributed by atoms with Gasteiger partial charge in [0, 0.05) is 6.42 Å². The Morgan fingerprint density at radius 3 is 1.22 bits per heavy atom. The number of hydrogen-bond acceptors (Lipinski definition) is 18. The van der Waals surface area contributed by atoms with E-state index in [0.717, 1.165) is 38.5 Å². The molecule has 82 heavy (non-hydrogen) atoms. The minimum Gasteiger partial charge on any atom is -0.394 e. The molecule has 12 N–H and O–H groups in total. The lowest BCUT2D eigenvalue weighted by atomic mass is 9.96. The maximum Gasteiger partial charge on any atom is 0.220 e. The van der Waals surface area contributed by atoms with Gasteiger partial charge in [0.1, 0.15) is 73.2 Å². The Balaban J connectivity index is 1.41. The van der Waals surface area contributed by atoms with Crippen LogP contribution in [0.1, 0.15) is 239 Å². The lowest BCUT2D eigenvalue weighted by Crippen LogP contribution is -2.66. The van der Waals surface area contributed by atoms with E-state index in [1.54, 1.807) is 6.08 Å². The molecule has 3 rings (SSSR count). The van der Waals surface area contributed by atoms with Gasteiger partial charge in [-0.1, -0.05) is 224 Å². The van der Waals surface area contributed by atoms with E-state index in [-0.39, 0.29) is 18.9 Å². The highest BCUT2D eigenvalue weighted by Crippen LogP contribution is 2.33. The van der Waals surface area contributed by atoms with Crippen LogP contribution < -0.4 is 5.32 Å². The number of unbranched alkanes of at least 4 members (excludes halogenated alkanes) is 31. The van der Waals surface area contributed by atoms with E-state index in [1.807, 2.05) is 6.08 Å². The molecule has 0 aromatic heterocycles. The van der Waals surface area contributed by atoms with Gasteiger partial charge in [0.05, 0.1) is 38.6 Å². The van der Waals surface area contributed by atoms with Crippen molar-refractivity contribution in [3.8, 4) is 0 Å². The number of rotatable bonds is 49. The molecule has 19 nitrogen and oxygen atoms in total. The van der Waals surface area contributed by atoms with Gasteiger partial charge >= 0.3 is 0 Å². The van der Waals surface area contributed by atoms with Crippen LogP contribution in [0.4, 0.5) is 0 Å². The summed E-state index contributed by atoms with van der Waals surface area (Å²) in [6.07, 6.45) is 23.3. The molecule has 0 radical (unpaired) electrons. The molecule has 17 atom stereocenters. The number of amides is 1. The zero-order valence-corrected chi connectivity index (χ0v) is 50.5. The summed E-state index contributed by atoms with van der Waals surface area (Å²) in [5, 5.41) is 120. The fourth-order valence-corrected chi connectivity index (χ4v) is 11.1. The third-order valence-corrected chi connectivity index (χ3v) is 16.5. The summed E-state index contributed by atoms with van der Waals surface area (Å²) in [5.41, 5.74) is 0. The predicted octanol–water partition coefficient (Wildman–Crippen LogP) is 7.10. The minimum atomic E-state index is -1.98. The molecule has 0 aromatic carbocycles.